The van der Waals surface area contributed by atoms with Gasteiger partial charge >= 0.3 is 0 Å². The van der Waals surface area contributed by atoms with Gasteiger partial charge in [-0.15, -0.1) is 0 Å². The smallest absolute Gasteiger partial charge is 0.137 e. The molecule has 0 spiro atoms. The molecule has 0 radical (unpaired) electrons. The van der Waals surface area contributed by atoms with Crippen LogP contribution in [0.5, 0.6) is 5.75 Å². The highest BCUT2D eigenvalue weighted by Crippen LogP contribution is 2.22. The molecule has 2 rings (SSSR count). The molecule has 0 aliphatic carbocycles. The summed E-state index contributed by atoms with van der Waals surface area (Å²) in [7, 11) is 0. The highest BCUT2D eigenvalue weighted by Gasteiger charge is 2.03. The molecule has 0 saturated heterocycles. The number of hydrogen-bond donors (Lipinski definition) is 1. The number of ether oxygens (including phenoxy) is 1. The van der Waals surface area contributed by atoms with Crippen LogP contribution in [0.3, 0.4) is 0 Å². The first-order valence-electron chi connectivity index (χ1n) is 4.63. The molecule has 3 heteroatoms. The summed E-state index contributed by atoms with van der Waals surface area (Å²) in [5.41, 5.74) is 6.30. The van der Waals surface area contributed by atoms with Gasteiger partial charge in [-0.25, -0.2) is 0 Å². The fourth-order valence-corrected chi connectivity index (χ4v) is 1.29. The summed E-state index contributed by atoms with van der Waals surface area (Å²) < 4.78 is 10.8. The van der Waals surface area contributed by atoms with Crippen LogP contribution < -0.4 is 10.5 Å². The topological polar surface area (TPSA) is 48.4 Å². The van der Waals surface area contributed by atoms with Crippen molar-refractivity contribution in [3.05, 3.63) is 30.5 Å². The van der Waals surface area contributed by atoms with E-state index in [0.29, 0.717) is 6.54 Å². The number of furan rings is 1. The van der Waals surface area contributed by atoms with Crippen molar-refractivity contribution < 1.29 is 9.15 Å². The lowest BCUT2D eigenvalue weighted by Crippen LogP contribution is -2.22. The monoisotopic (exact) mass is 191 g/mol. The van der Waals surface area contributed by atoms with Crippen molar-refractivity contribution in [2.24, 2.45) is 5.73 Å². The van der Waals surface area contributed by atoms with Crippen molar-refractivity contribution in [1.29, 1.82) is 0 Å². The Bertz CT molecular complexity index is 422. The first-order valence-corrected chi connectivity index (χ1v) is 4.63. The Morgan fingerprint density at radius 3 is 3.07 bits per heavy atom. The number of rotatable bonds is 3. The molecule has 0 aliphatic rings. The van der Waals surface area contributed by atoms with Gasteiger partial charge in [-0.05, 0) is 25.1 Å². The molecule has 0 aliphatic heterocycles. The molecule has 1 unspecified atom stereocenters. The van der Waals surface area contributed by atoms with Gasteiger partial charge in [-0.2, -0.15) is 0 Å². The van der Waals surface area contributed by atoms with Crippen LogP contribution in [0.1, 0.15) is 6.92 Å². The summed E-state index contributed by atoms with van der Waals surface area (Å²) in [6.07, 6.45) is 1.70. The standard InChI is InChI=1S/C11H13NO2/c1-8(7-12)14-10-3-2-9-4-5-13-11(9)6-10/h2-6,8H,7,12H2,1H3. The van der Waals surface area contributed by atoms with Crippen molar-refractivity contribution in [2.75, 3.05) is 6.54 Å². The van der Waals surface area contributed by atoms with Crippen LogP contribution in [0.15, 0.2) is 34.9 Å². The Hall–Kier alpha value is -1.48. The average Bonchev–Trinajstić information content (AvgIpc) is 2.64. The molecule has 1 heterocycles. The van der Waals surface area contributed by atoms with Crippen LogP contribution in [0.2, 0.25) is 0 Å². The second-order valence-electron chi connectivity index (χ2n) is 3.28. The summed E-state index contributed by atoms with van der Waals surface area (Å²) in [5.74, 6) is 0.797. The van der Waals surface area contributed by atoms with Crippen molar-refractivity contribution in [2.45, 2.75) is 13.0 Å². The second kappa shape index (κ2) is 3.72. The summed E-state index contributed by atoms with van der Waals surface area (Å²) in [6, 6.07) is 7.69. The number of benzene rings is 1. The summed E-state index contributed by atoms with van der Waals surface area (Å²) >= 11 is 0. The zero-order chi connectivity index (χ0) is 9.97. The van der Waals surface area contributed by atoms with Gasteiger partial charge in [0.05, 0.1) is 6.26 Å². The molecule has 3 nitrogen and oxygen atoms in total. The molecule has 2 N–H and O–H groups in total. The van der Waals surface area contributed by atoms with E-state index < -0.39 is 0 Å². The molecule has 1 aromatic heterocycles. The third-order valence-electron chi connectivity index (χ3n) is 2.10. The lowest BCUT2D eigenvalue weighted by molar-refractivity contribution is 0.230. The highest BCUT2D eigenvalue weighted by atomic mass is 16.5. The predicted molar refractivity (Wildman–Crippen MR) is 55.4 cm³/mol. The summed E-state index contributed by atoms with van der Waals surface area (Å²) in [6.45, 7) is 2.45. The largest absolute Gasteiger partial charge is 0.489 e. The van der Waals surface area contributed by atoms with Gasteiger partial charge in [0.1, 0.15) is 17.4 Å². The van der Waals surface area contributed by atoms with Gasteiger partial charge in [0.15, 0.2) is 0 Å². The zero-order valence-electron chi connectivity index (χ0n) is 8.07. The quantitative estimate of drug-likeness (QED) is 0.808. The lowest BCUT2D eigenvalue weighted by Gasteiger charge is -2.11. The van der Waals surface area contributed by atoms with Gasteiger partial charge < -0.3 is 14.9 Å². The molecule has 74 valence electrons. The van der Waals surface area contributed by atoms with E-state index >= 15 is 0 Å². The Labute approximate surface area is 82.5 Å². The highest BCUT2D eigenvalue weighted by molar-refractivity contribution is 5.78. The van der Waals surface area contributed by atoms with Crippen LogP contribution in [-0.4, -0.2) is 12.6 Å². The van der Waals surface area contributed by atoms with Crippen LogP contribution in [0.4, 0.5) is 0 Å². The third-order valence-corrected chi connectivity index (χ3v) is 2.10. The van der Waals surface area contributed by atoms with Crippen molar-refractivity contribution in [1.82, 2.24) is 0 Å². The van der Waals surface area contributed by atoms with E-state index in [0.717, 1.165) is 16.7 Å². The average molecular weight is 191 g/mol. The molecule has 14 heavy (non-hydrogen) atoms. The summed E-state index contributed by atoms with van der Waals surface area (Å²) in [4.78, 5) is 0. The Balaban J connectivity index is 2.25. The number of nitrogens with two attached hydrogens (primary N) is 1. The Morgan fingerprint density at radius 1 is 1.43 bits per heavy atom. The lowest BCUT2D eigenvalue weighted by atomic mass is 10.2. The maximum Gasteiger partial charge on any atom is 0.137 e. The van der Waals surface area contributed by atoms with Crippen molar-refractivity contribution in [3.8, 4) is 5.75 Å². The zero-order valence-corrected chi connectivity index (χ0v) is 8.07. The molecule has 0 bridgehead atoms. The van der Waals surface area contributed by atoms with E-state index in [1.165, 1.54) is 0 Å². The van der Waals surface area contributed by atoms with E-state index in [9.17, 15) is 0 Å². The Kier molecular flexibility index (Phi) is 2.41. The van der Waals surface area contributed by atoms with E-state index in [2.05, 4.69) is 0 Å². The van der Waals surface area contributed by atoms with Gasteiger partial charge in [-0.1, -0.05) is 0 Å². The van der Waals surface area contributed by atoms with Crippen molar-refractivity contribution >= 4 is 11.0 Å². The molecular weight excluding hydrogens is 178 g/mol. The van der Waals surface area contributed by atoms with Crippen LogP contribution >= 0.6 is 0 Å². The minimum atomic E-state index is 0.0300. The van der Waals surface area contributed by atoms with Crippen LogP contribution in [0, 0.1) is 0 Å². The van der Waals surface area contributed by atoms with Gasteiger partial charge in [0.25, 0.3) is 0 Å². The van der Waals surface area contributed by atoms with Gasteiger partial charge in [0, 0.05) is 18.0 Å². The first-order chi connectivity index (χ1) is 6.79. The number of fused-ring (bicyclic) bond motifs is 1. The molecule has 1 atom stereocenters. The third kappa shape index (κ3) is 1.72. The molecule has 2 aromatic rings. The first kappa shape index (κ1) is 9.09. The minimum absolute atomic E-state index is 0.0300. The van der Waals surface area contributed by atoms with Gasteiger partial charge in [-0.3, -0.25) is 0 Å². The Morgan fingerprint density at radius 2 is 2.29 bits per heavy atom. The van der Waals surface area contributed by atoms with Crippen LogP contribution in [0.25, 0.3) is 11.0 Å². The number of hydrogen-bond acceptors (Lipinski definition) is 3. The minimum Gasteiger partial charge on any atom is -0.489 e. The molecule has 0 saturated carbocycles. The molecule has 0 amide bonds. The molecule has 0 fully saturated rings. The second-order valence-corrected chi connectivity index (χ2v) is 3.28. The predicted octanol–water partition coefficient (Wildman–Crippen LogP) is 2.16. The van der Waals surface area contributed by atoms with E-state index in [4.69, 9.17) is 14.9 Å². The normalized spacial score (nSPS) is 13.0. The van der Waals surface area contributed by atoms with E-state index in [-0.39, 0.29) is 6.10 Å². The van der Waals surface area contributed by atoms with Crippen LogP contribution in [-0.2, 0) is 0 Å². The fourth-order valence-electron chi connectivity index (χ4n) is 1.29. The van der Waals surface area contributed by atoms with E-state index in [1.807, 2.05) is 31.2 Å². The molecular formula is C11H13NO2. The molecule has 1 aromatic carbocycles. The maximum atomic E-state index is 5.56. The van der Waals surface area contributed by atoms with Gasteiger partial charge in [0.2, 0.25) is 0 Å². The maximum absolute atomic E-state index is 5.56. The SMILES string of the molecule is CC(CN)Oc1ccc2ccoc2c1. The summed E-state index contributed by atoms with van der Waals surface area (Å²) in [5, 5.41) is 1.08. The fraction of sp³-hybridized carbons (Fsp3) is 0.273. The van der Waals surface area contributed by atoms with Crippen molar-refractivity contribution in [3.63, 3.8) is 0 Å². The van der Waals surface area contributed by atoms with E-state index in [1.54, 1.807) is 6.26 Å².